The van der Waals surface area contributed by atoms with Gasteiger partial charge in [0.25, 0.3) is 0 Å². The monoisotopic (exact) mass is 399 g/mol. The Bertz CT molecular complexity index is 583. The number of nitrogens with one attached hydrogen (secondary N) is 2. The van der Waals surface area contributed by atoms with Gasteiger partial charge in [-0.25, -0.2) is 0 Å². The van der Waals surface area contributed by atoms with E-state index in [0.29, 0.717) is 11.6 Å². The van der Waals surface area contributed by atoms with E-state index < -0.39 is 0 Å². The summed E-state index contributed by atoms with van der Waals surface area (Å²) >= 11 is 7.00. The van der Waals surface area contributed by atoms with E-state index in [2.05, 4.69) is 59.4 Å². The summed E-state index contributed by atoms with van der Waals surface area (Å²) in [5.74, 6) is 1.59. The number of halogens is 2. The maximum atomic E-state index is 5.74. The molecule has 7 heteroatoms. The zero-order valence-electron chi connectivity index (χ0n) is 11.0. The zero-order chi connectivity index (χ0) is 14.5. The standard InChI is InChI=1S/C13H15Br2N5/c1-2-6-17-10-7-11(20-13(16)19-10)18-12-8(14)4-3-5-9(12)15/h3-5,7H,2,6H2,1H3,(H4,16,17,18,19,20). The predicted octanol–water partition coefficient (Wildman–Crippen LogP) is 4.15. The van der Waals surface area contributed by atoms with Crippen LogP contribution in [0, 0.1) is 0 Å². The summed E-state index contributed by atoms with van der Waals surface area (Å²) < 4.78 is 1.87. The number of hydrogen-bond donors (Lipinski definition) is 3. The van der Waals surface area contributed by atoms with Gasteiger partial charge >= 0.3 is 0 Å². The van der Waals surface area contributed by atoms with Crippen molar-refractivity contribution in [3.63, 3.8) is 0 Å². The van der Waals surface area contributed by atoms with Crippen molar-refractivity contribution >= 4 is 55.1 Å². The fourth-order valence-corrected chi connectivity index (χ4v) is 2.82. The summed E-state index contributed by atoms with van der Waals surface area (Å²) in [6, 6.07) is 7.68. The highest BCUT2D eigenvalue weighted by Crippen LogP contribution is 2.33. The molecule has 20 heavy (non-hydrogen) atoms. The first-order chi connectivity index (χ1) is 9.60. The van der Waals surface area contributed by atoms with Gasteiger partial charge < -0.3 is 16.4 Å². The van der Waals surface area contributed by atoms with Gasteiger partial charge in [-0.2, -0.15) is 9.97 Å². The highest BCUT2D eigenvalue weighted by Gasteiger charge is 2.07. The quantitative estimate of drug-likeness (QED) is 0.702. The first-order valence-corrected chi connectivity index (χ1v) is 7.78. The molecule has 0 aliphatic carbocycles. The van der Waals surface area contributed by atoms with Gasteiger partial charge in [-0.05, 0) is 50.4 Å². The maximum Gasteiger partial charge on any atom is 0.223 e. The van der Waals surface area contributed by atoms with E-state index in [1.807, 2.05) is 24.3 Å². The van der Waals surface area contributed by atoms with Gasteiger partial charge in [0.05, 0.1) is 5.69 Å². The largest absolute Gasteiger partial charge is 0.370 e. The number of nitrogens with zero attached hydrogens (tertiary/aromatic N) is 2. The molecular weight excluding hydrogens is 386 g/mol. The lowest BCUT2D eigenvalue weighted by atomic mass is 10.3. The normalized spacial score (nSPS) is 10.3. The third-order valence-electron chi connectivity index (χ3n) is 2.52. The Morgan fingerprint density at radius 2 is 1.80 bits per heavy atom. The van der Waals surface area contributed by atoms with Gasteiger partial charge in [0.15, 0.2) is 0 Å². The molecule has 0 spiro atoms. The number of para-hydroxylation sites is 1. The highest BCUT2D eigenvalue weighted by atomic mass is 79.9. The highest BCUT2D eigenvalue weighted by molar-refractivity contribution is 9.11. The van der Waals surface area contributed by atoms with E-state index in [0.717, 1.165) is 27.6 Å². The lowest BCUT2D eigenvalue weighted by molar-refractivity contribution is 0.967. The third kappa shape index (κ3) is 3.83. The van der Waals surface area contributed by atoms with Crippen molar-refractivity contribution in [2.75, 3.05) is 22.9 Å². The third-order valence-corrected chi connectivity index (χ3v) is 3.84. The molecule has 0 unspecified atom stereocenters. The Balaban J connectivity index is 2.27. The molecule has 0 atom stereocenters. The average Bonchev–Trinajstić information content (AvgIpc) is 2.40. The van der Waals surface area contributed by atoms with Crippen molar-refractivity contribution in [2.45, 2.75) is 13.3 Å². The lowest BCUT2D eigenvalue weighted by Crippen LogP contribution is -2.07. The molecule has 0 aliphatic heterocycles. The summed E-state index contributed by atoms with van der Waals surface area (Å²) in [5, 5.41) is 6.43. The number of nitrogen functional groups attached to an aromatic ring is 1. The molecule has 0 saturated carbocycles. The van der Waals surface area contributed by atoms with E-state index in [-0.39, 0.29) is 5.95 Å². The Morgan fingerprint density at radius 1 is 1.15 bits per heavy atom. The van der Waals surface area contributed by atoms with Crippen LogP contribution in [0.4, 0.5) is 23.3 Å². The van der Waals surface area contributed by atoms with Crippen LogP contribution >= 0.6 is 31.9 Å². The van der Waals surface area contributed by atoms with E-state index >= 15 is 0 Å². The molecule has 0 radical (unpaired) electrons. The van der Waals surface area contributed by atoms with Gasteiger partial charge in [0.2, 0.25) is 5.95 Å². The van der Waals surface area contributed by atoms with Crippen molar-refractivity contribution in [1.29, 1.82) is 0 Å². The minimum Gasteiger partial charge on any atom is -0.370 e. The van der Waals surface area contributed by atoms with Crippen molar-refractivity contribution in [1.82, 2.24) is 9.97 Å². The number of rotatable bonds is 5. The molecule has 5 nitrogen and oxygen atoms in total. The lowest BCUT2D eigenvalue weighted by Gasteiger charge is -2.12. The smallest absolute Gasteiger partial charge is 0.223 e. The molecular formula is C13H15Br2N5. The van der Waals surface area contributed by atoms with Crippen molar-refractivity contribution in [3.8, 4) is 0 Å². The number of anilines is 4. The van der Waals surface area contributed by atoms with Gasteiger partial charge in [-0.1, -0.05) is 13.0 Å². The topological polar surface area (TPSA) is 75.9 Å². The van der Waals surface area contributed by atoms with Gasteiger partial charge in [0, 0.05) is 21.6 Å². The molecule has 1 aromatic carbocycles. The summed E-state index contributed by atoms with van der Waals surface area (Å²) in [4.78, 5) is 8.34. The van der Waals surface area contributed by atoms with Gasteiger partial charge in [0.1, 0.15) is 11.6 Å². The fraction of sp³-hybridized carbons (Fsp3) is 0.231. The maximum absolute atomic E-state index is 5.74. The van der Waals surface area contributed by atoms with E-state index in [4.69, 9.17) is 5.73 Å². The second-order valence-corrected chi connectivity index (χ2v) is 5.85. The molecule has 1 heterocycles. The van der Waals surface area contributed by atoms with Crippen LogP contribution in [0.1, 0.15) is 13.3 Å². The first-order valence-electron chi connectivity index (χ1n) is 6.19. The van der Waals surface area contributed by atoms with Crippen molar-refractivity contribution < 1.29 is 0 Å². The van der Waals surface area contributed by atoms with E-state index in [1.165, 1.54) is 0 Å². The van der Waals surface area contributed by atoms with Crippen LogP contribution in [0.25, 0.3) is 0 Å². The van der Waals surface area contributed by atoms with Crippen molar-refractivity contribution in [2.24, 2.45) is 0 Å². The second kappa shape index (κ2) is 6.90. The molecule has 0 aliphatic rings. The molecule has 0 fully saturated rings. The fourth-order valence-electron chi connectivity index (χ4n) is 1.62. The molecule has 0 bridgehead atoms. The number of hydrogen-bond acceptors (Lipinski definition) is 5. The van der Waals surface area contributed by atoms with Crippen LogP contribution in [-0.4, -0.2) is 16.5 Å². The van der Waals surface area contributed by atoms with E-state index in [1.54, 1.807) is 0 Å². The molecule has 0 amide bonds. The summed E-state index contributed by atoms with van der Waals surface area (Å²) in [7, 11) is 0. The molecule has 106 valence electrons. The summed E-state index contributed by atoms with van der Waals surface area (Å²) in [6.07, 6.45) is 1.02. The Labute approximate surface area is 134 Å². The zero-order valence-corrected chi connectivity index (χ0v) is 14.1. The van der Waals surface area contributed by atoms with Gasteiger partial charge in [-0.15, -0.1) is 0 Å². The van der Waals surface area contributed by atoms with Crippen LogP contribution in [0.2, 0.25) is 0 Å². The number of benzene rings is 1. The van der Waals surface area contributed by atoms with Crippen molar-refractivity contribution in [3.05, 3.63) is 33.2 Å². The van der Waals surface area contributed by atoms with Crippen LogP contribution in [0.3, 0.4) is 0 Å². The summed E-state index contributed by atoms with van der Waals surface area (Å²) in [5.41, 5.74) is 6.63. The molecule has 2 aromatic rings. The molecule has 2 rings (SSSR count). The van der Waals surface area contributed by atoms with Crippen LogP contribution in [0.5, 0.6) is 0 Å². The Morgan fingerprint density at radius 3 is 2.45 bits per heavy atom. The van der Waals surface area contributed by atoms with Crippen LogP contribution in [0.15, 0.2) is 33.2 Å². The minimum absolute atomic E-state index is 0.233. The molecule has 1 aromatic heterocycles. The molecule has 4 N–H and O–H groups in total. The average molecular weight is 401 g/mol. The van der Waals surface area contributed by atoms with Crippen LogP contribution < -0.4 is 16.4 Å². The minimum atomic E-state index is 0.233. The second-order valence-electron chi connectivity index (χ2n) is 4.15. The first kappa shape index (κ1) is 15.1. The predicted molar refractivity (Wildman–Crippen MR) is 90.3 cm³/mol. The molecule has 0 saturated heterocycles. The number of nitrogens with two attached hydrogens (primary N) is 1. The van der Waals surface area contributed by atoms with Crippen LogP contribution in [-0.2, 0) is 0 Å². The Hall–Kier alpha value is -1.34. The SMILES string of the molecule is CCCNc1cc(Nc2c(Br)cccc2Br)nc(N)n1. The number of aromatic nitrogens is 2. The Kier molecular flexibility index (Phi) is 5.19. The summed E-state index contributed by atoms with van der Waals surface area (Å²) in [6.45, 7) is 2.93. The van der Waals surface area contributed by atoms with Gasteiger partial charge in [-0.3, -0.25) is 0 Å². The van der Waals surface area contributed by atoms with E-state index in [9.17, 15) is 0 Å².